The Balaban J connectivity index is 2.09. The summed E-state index contributed by atoms with van der Waals surface area (Å²) in [4.78, 5) is 2.48. The molecule has 0 radical (unpaired) electrons. The van der Waals surface area contributed by atoms with Crippen molar-refractivity contribution in [3.63, 3.8) is 0 Å². The van der Waals surface area contributed by atoms with E-state index in [0.29, 0.717) is 16.1 Å². The minimum Gasteiger partial charge on any atom is -0.314 e. The molecule has 1 N–H and O–H groups in total. The molecule has 2 nitrogen and oxygen atoms in total. The molecular weight excluding hydrogens is 279 g/mol. The SMILES string of the molecule is CNC1(C)CCN(C(C)c2cccc(Cl)c2Cl)CC1. The van der Waals surface area contributed by atoms with Crippen molar-refractivity contribution in [2.24, 2.45) is 0 Å². The van der Waals surface area contributed by atoms with E-state index >= 15 is 0 Å². The quantitative estimate of drug-likeness (QED) is 0.903. The maximum absolute atomic E-state index is 6.32. The van der Waals surface area contributed by atoms with Crippen LogP contribution < -0.4 is 5.32 Å². The molecule has 0 aliphatic carbocycles. The fraction of sp³-hybridized carbons (Fsp3) is 0.600. The van der Waals surface area contributed by atoms with Crippen molar-refractivity contribution < 1.29 is 0 Å². The zero-order chi connectivity index (χ0) is 14.0. The van der Waals surface area contributed by atoms with E-state index in [4.69, 9.17) is 23.2 Å². The van der Waals surface area contributed by atoms with Crippen molar-refractivity contribution in [2.45, 2.75) is 38.3 Å². The first kappa shape index (κ1) is 15.1. The molecule has 1 unspecified atom stereocenters. The minimum absolute atomic E-state index is 0.272. The van der Waals surface area contributed by atoms with Crippen LogP contribution in [0.15, 0.2) is 18.2 Å². The zero-order valence-corrected chi connectivity index (χ0v) is 13.4. The largest absolute Gasteiger partial charge is 0.314 e. The van der Waals surface area contributed by atoms with Crippen LogP contribution in [0, 0.1) is 0 Å². The van der Waals surface area contributed by atoms with Gasteiger partial charge in [0.2, 0.25) is 0 Å². The van der Waals surface area contributed by atoms with Crippen LogP contribution in [0.4, 0.5) is 0 Å². The topological polar surface area (TPSA) is 15.3 Å². The van der Waals surface area contributed by atoms with Crippen LogP contribution in [0.2, 0.25) is 10.0 Å². The molecule has 0 amide bonds. The molecule has 2 rings (SSSR count). The summed E-state index contributed by atoms with van der Waals surface area (Å²) in [6.07, 6.45) is 2.32. The third-order valence-corrected chi connectivity index (χ3v) is 5.32. The molecule has 1 aliphatic rings. The first-order chi connectivity index (χ1) is 8.97. The number of rotatable bonds is 3. The summed E-state index contributed by atoms with van der Waals surface area (Å²) >= 11 is 12.4. The predicted molar refractivity (Wildman–Crippen MR) is 83.1 cm³/mol. The molecule has 4 heteroatoms. The molecule has 1 aliphatic heterocycles. The Bertz CT molecular complexity index is 440. The van der Waals surface area contributed by atoms with E-state index in [9.17, 15) is 0 Å². The number of piperidine rings is 1. The van der Waals surface area contributed by atoms with Crippen molar-refractivity contribution in [1.82, 2.24) is 10.2 Å². The number of hydrogen-bond donors (Lipinski definition) is 1. The molecule has 0 saturated carbocycles. The average Bonchev–Trinajstić information content (AvgIpc) is 2.42. The summed E-state index contributed by atoms with van der Waals surface area (Å²) in [5.41, 5.74) is 1.40. The van der Waals surface area contributed by atoms with Crippen LogP contribution >= 0.6 is 23.2 Å². The number of likely N-dealkylation sites (tertiary alicyclic amines) is 1. The van der Waals surface area contributed by atoms with E-state index in [1.165, 1.54) is 0 Å². The maximum atomic E-state index is 6.32. The normalized spacial score (nSPS) is 21.3. The van der Waals surface area contributed by atoms with Gasteiger partial charge in [0.05, 0.1) is 10.0 Å². The lowest BCUT2D eigenvalue weighted by atomic mass is 9.88. The second kappa shape index (κ2) is 6.01. The molecule has 0 aromatic heterocycles. The molecule has 1 fully saturated rings. The maximum Gasteiger partial charge on any atom is 0.0640 e. The van der Waals surface area contributed by atoms with Crippen LogP contribution in [-0.2, 0) is 0 Å². The molecule has 0 bridgehead atoms. The minimum atomic E-state index is 0.272. The van der Waals surface area contributed by atoms with Gasteiger partial charge in [0.25, 0.3) is 0 Å². The van der Waals surface area contributed by atoms with Crippen molar-refractivity contribution in [3.8, 4) is 0 Å². The number of nitrogens with one attached hydrogen (secondary N) is 1. The highest BCUT2D eigenvalue weighted by Crippen LogP contribution is 2.34. The first-order valence-electron chi connectivity index (χ1n) is 6.84. The van der Waals surface area contributed by atoms with Gasteiger partial charge in [-0.1, -0.05) is 35.3 Å². The molecule has 1 saturated heterocycles. The standard InChI is InChI=1S/C15H22Cl2N2/c1-11(12-5-4-6-13(16)14(12)17)19-9-7-15(2,18-3)8-10-19/h4-6,11,18H,7-10H2,1-3H3. The highest BCUT2D eigenvalue weighted by Gasteiger charge is 2.31. The Labute approximate surface area is 126 Å². The van der Waals surface area contributed by atoms with Crippen LogP contribution in [0.5, 0.6) is 0 Å². The van der Waals surface area contributed by atoms with Gasteiger partial charge < -0.3 is 5.32 Å². The van der Waals surface area contributed by atoms with E-state index in [1.54, 1.807) is 0 Å². The highest BCUT2D eigenvalue weighted by atomic mass is 35.5. The van der Waals surface area contributed by atoms with Crippen LogP contribution in [0.3, 0.4) is 0 Å². The summed E-state index contributed by atoms with van der Waals surface area (Å²) < 4.78 is 0. The molecule has 1 heterocycles. The van der Waals surface area contributed by atoms with Gasteiger partial charge in [0.1, 0.15) is 0 Å². The van der Waals surface area contributed by atoms with E-state index in [-0.39, 0.29) is 5.54 Å². The molecule has 0 spiro atoms. The third-order valence-electron chi connectivity index (χ3n) is 4.48. The van der Waals surface area contributed by atoms with Crippen molar-refractivity contribution >= 4 is 23.2 Å². The van der Waals surface area contributed by atoms with Crippen LogP contribution in [0.1, 0.15) is 38.3 Å². The van der Waals surface area contributed by atoms with E-state index in [0.717, 1.165) is 31.5 Å². The van der Waals surface area contributed by atoms with Crippen molar-refractivity contribution in [2.75, 3.05) is 20.1 Å². The molecule has 1 aromatic carbocycles. The van der Waals surface area contributed by atoms with Gasteiger partial charge >= 0.3 is 0 Å². The second-order valence-electron chi connectivity index (χ2n) is 5.67. The molecule has 106 valence electrons. The molecule has 19 heavy (non-hydrogen) atoms. The van der Waals surface area contributed by atoms with Crippen LogP contribution in [-0.4, -0.2) is 30.6 Å². The van der Waals surface area contributed by atoms with E-state index in [2.05, 4.69) is 30.1 Å². The second-order valence-corrected chi connectivity index (χ2v) is 6.45. The molecule has 1 aromatic rings. The summed E-state index contributed by atoms with van der Waals surface area (Å²) in [6, 6.07) is 6.20. The van der Waals surface area contributed by atoms with Gasteiger partial charge in [-0.05, 0) is 45.4 Å². The zero-order valence-electron chi connectivity index (χ0n) is 11.8. The van der Waals surface area contributed by atoms with Gasteiger partial charge in [-0.15, -0.1) is 0 Å². The van der Waals surface area contributed by atoms with Gasteiger partial charge in [-0.2, -0.15) is 0 Å². The molecule has 1 atom stereocenters. The first-order valence-corrected chi connectivity index (χ1v) is 7.59. The Hall–Kier alpha value is -0.280. The van der Waals surface area contributed by atoms with Crippen molar-refractivity contribution in [3.05, 3.63) is 33.8 Å². The van der Waals surface area contributed by atoms with E-state index < -0.39 is 0 Å². The third kappa shape index (κ3) is 3.25. The Morgan fingerprint density at radius 2 is 1.89 bits per heavy atom. The lowest BCUT2D eigenvalue weighted by Crippen LogP contribution is -2.50. The summed E-state index contributed by atoms with van der Waals surface area (Å²) in [6.45, 7) is 6.67. The lowest BCUT2D eigenvalue weighted by molar-refractivity contribution is 0.117. The monoisotopic (exact) mass is 300 g/mol. The fourth-order valence-electron chi connectivity index (χ4n) is 2.69. The highest BCUT2D eigenvalue weighted by molar-refractivity contribution is 6.42. The summed E-state index contributed by atoms with van der Waals surface area (Å²) in [7, 11) is 2.05. The Morgan fingerprint density at radius 1 is 1.26 bits per heavy atom. The van der Waals surface area contributed by atoms with Crippen molar-refractivity contribution in [1.29, 1.82) is 0 Å². The van der Waals surface area contributed by atoms with Gasteiger partial charge in [-0.3, -0.25) is 4.90 Å². The smallest absolute Gasteiger partial charge is 0.0640 e. The van der Waals surface area contributed by atoms with E-state index in [1.807, 2.05) is 19.2 Å². The molecular formula is C15H22Cl2N2. The number of halogens is 2. The number of nitrogens with zero attached hydrogens (tertiary/aromatic N) is 1. The fourth-order valence-corrected chi connectivity index (χ4v) is 3.16. The van der Waals surface area contributed by atoms with Gasteiger partial charge in [0, 0.05) is 24.7 Å². The number of hydrogen-bond acceptors (Lipinski definition) is 2. The average molecular weight is 301 g/mol. The summed E-state index contributed by atoms with van der Waals surface area (Å²) in [5.74, 6) is 0. The van der Waals surface area contributed by atoms with Gasteiger partial charge in [-0.25, -0.2) is 0 Å². The predicted octanol–water partition coefficient (Wildman–Crippen LogP) is 4.13. The lowest BCUT2D eigenvalue weighted by Gasteiger charge is -2.42. The van der Waals surface area contributed by atoms with Crippen LogP contribution in [0.25, 0.3) is 0 Å². The Morgan fingerprint density at radius 3 is 2.47 bits per heavy atom. The Kier molecular flexibility index (Phi) is 4.78. The number of benzene rings is 1. The van der Waals surface area contributed by atoms with Gasteiger partial charge in [0.15, 0.2) is 0 Å². The summed E-state index contributed by atoms with van der Waals surface area (Å²) in [5, 5.41) is 4.76.